The molecule has 1 saturated carbocycles. The minimum absolute atomic E-state index is 0.476. The zero-order valence-electron chi connectivity index (χ0n) is 14.2. The van der Waals surface area contributed by atoms with Crippen molar-refractivity contribution in [2.24, 2.45) is 5.92 Å². The van der Waals surface area contributed by atoms with Gasteiger partial charge in [-0.05, 0) is 51.3 Å². The molecule has 0 spiro atoms. The predicted molar refractivity (Wildman–Crippen MR) is 92.9 cm³/mol. The molecule has 6 heteroatoms. The molecule has 2 aromatic rings. The monoisotopic (exact) mass is 312 g/mol. The van der Waals surface area contributed by atoms with Gasteiger partial charge in [0.15, 0.2) is 5.65 Å². The van der Waals surface area contributed by atoms with E-state index in [0.29, 0.717) is 23.9 Å². The Morgan fingerprint density at radius 2 is 2.00 bits per heavy atom. The molecule has 2 fully saturated rings. The maximum Gasteiger partial charge on any atom is 0.226 e. The normalized spacial score (nSPS) is 26.9. The van der Waals surface area contributed by atoms with E-state index in [-0.39, 0.29) is 0 Å². The molecular weight excluding hydrogens is 288 g/mol. The summed E-state index contributed by atoms with van der Waals surface area (Å²) in [6.45, 7) is 5.26. The van der Waals surface area contributed by atoms with E-state index < -0.39 is 0 Å². The van der Waals surface area contributed by atoms with Crippen molar-refractivity contribution >= 4 is 22.8 Å². The van der Waals surface area contributed by atoms with Crippen molar-refractivity contribution in [1.29, 1.82) is 0 Å². The number of pyridine rings is 1. The molecule has 3 heterocycles. The highest BCUT2D eigenvalue weighted by molar-refractivity contribution is 5.90. The van der Waals surface area contributed by atoms with Gasteiger partial charge in [-0.1, -0.05) is 0 Å². The SMILES string of the molecule is CNc1nc(N[C@H]2C[C@@H]3C[C@H]2CN3C)nc2nc(C)cc(C)c12. The number of piperidine rings is 1. The van der Waals surface area contributed by atoms with E-state index >= 15 is 0 Å². The summed E-state index contributed by atoms with van der Waals surface area (Å²) in [7, 11) is 4.12. The molecule has 0 aromatic carbocycles. The summed E-state index contributed by atoms with van der Waals surface area (Å²) in [6, 6.07) is 3.26. The van der Waals surface area contributed by atoms with Gasteiger partial charge in [-0.25, -0.2) is 4.98 Å². The quantitative estimate of drug-likeness (QED) is 0.905. The van der Waals surface area contributed by atoms with Crippen LogP contribution in [0.25, 0.3) is 11.0 Å². The number of anilines is 2. The highest BCUT2D eigenvalue weighted by Crippen LogP contribution is 2.38. The summed E-state index contributed by atoms with van der Waals surface area (Å²) in [4.78, 5) is 16.4. The fraction of sp³-hybridized carbons (Fsp3) is 0.588. The molecule has 0 amide bonds. The molecule has 122 valence electrons. The Labute approximate surface area is 136 Å². The Morgan fingerprint density at radius 3 is 2.65 bits per heavy atom. The van der Waals surface area contributed by atoms with E-state index in [1.165, 1.54) is 19.4 Å². The van der Waals surface area contributed by atoms with Gasteiger partial charge >= 0.3 is 0 Å². The first-order chi connectivity index (χ1) is 11.0. The van der Waals surface area contributed by atoms with Gasteiger partial charge in [0.25, 0.3) is 0 Å². The van der Waals surface area contributed by atoms with Crippen LogP contribution in [0.3, 0.4) is 0 Å². The van der Waals surface area contributed by atoms with E-state index in [1.54, 1.807) is 0 Å². The Balaban J connectivity index is 1.68. The van der Waals surface area contributed by atoms with Crippen LogP contribution in [0, 0.1) is 19.8 Å². The van der Waals surface area contributed by atoms with Gasteiger partial charge in [-0.3, -0.25) is 0 Å². The smallest absolute Gasteiger partial charge is 0.226 e. The molecule has 2 N–H and O–H groups in total. The summed E-state index contributed by atoms with van der Waals surface area (Å²) in [5.74, 6) is 2.25. The second-order valence-electron chi connectivity index (χ2n) is 7.00. The Bertz CT molecular complexity index is 756. The van der Waals surface area contributed by atoms with E-state index in [0.717, 1.165) is 28.1 Å². The Kier molecular flexibility index (Phi) is 3.37. The molecule has 0 unspecified atom stereocenters. The topological polar surface area (TPSA) is 66.0 Å². The number of likely N-dealkylation sites (tertiary alicyclic amines) is 1. The van der Waals surface area contributed by atoms with Gasteiger partial charge in [0.05, 0.1) is 5.39 Å². The summed E-state index contributed by atoms with van der Waals surface area (Å²) < 4.78 is 0. The van der Waals surface area contributed by atoms with Gasteiger partial charge in [0.1, 0.15) is 5.82 Å². The van der Waals surface area contributed by atoms with Crippen molar-refractivity contribution in [2.45, 2.75) is 38.8 Å². The number of fused-ring (bicyclic) bond motifs is 3. The van der Waals surface area contributed by atoms with Crippen molar-refractivity contribution in [3.05, 3.63) is 17.3 Å². The lowest BCUT2D eigenvalue weighted by Gasteiger charge is -2.29. The first-order valence-electron chi connectivity index (χ1n) is 8.35. The summed E-state index contributed by atoms with van der Waals surface area (Å²) in [5, 5.41) is 7.78. The minimum Gasteiger partial charge on any atom is -0.372 e. The van der Waals surface area contributed by atoms with E-state index in [2.05, 4.69) is 50.5 Å². The van der Waals surface area contributed by atoms with Crippen LogP contribution in [0.4, 0.5) is 11.8 Å². The first kappa shape index (κ1) is 14.6. The zero-order chi connectivity index (χ0) is 16.1. The number of hydrogen-bond donors (Lipinski definition) is 2. The van der Waals surface area contributed by atoms with Crippen molar-refractivity contribution in [1.82, 2.24) is 19.9 Å². The average Bonchev–Trinajstić information content (AvgIpc) is 3.04. The van der Waals surface area contributed by atoms with Crippen LogP contribution in [-0.4, -0.2) is 52.6 Å². The number of nitrogens with one attached hydrogen (secondary N) is 2. The van der Waals surface area contributed by atoms with Gasteiger partial charge in [0.2, 0.25) is 5.95 Å². The van der Waals surface area contributed by atoms with Crippen LogP contribution in [0.1, 0.15) is 24.1 Å². The third-order valence-corrected chi connectivity index (χ3v) is 5.36. The van der Waals surface area contributed by atoms with Crippen molar-refractivity contribution in [3.63, 3.8) is 0 Å². The fourth-order valence-corrected chi connectivity index (χ4v) is 4.24. The lowest BCUT2D eigenvalue weighted by molar-refractivity contribution is 0.250. The van der Waals surface area contributed by atoms with Gasteiger partial charge < -0.3 is 15.5 Å². The molecule has 6 nitrogen and oxygen atoms in total. The molecule has 2 bridgehead atoms. The van der Waals surface area contributed by atoms with Crippen LogP contribution in [0.15, 0.2) is 6.07 Å². The molecule has 1 aliphatic carbocycles. The van der Waals surface area contributed by atoms with Crippen molar-refractivity contribution < 1.29 is 0 Å². The highest BCUT2D eigenvalue weighted by Gasteiger charge is 2.43. The number of hydrogen-bond acceptors (Lipinski definition) is 6. The summed E-state index contributed by atoms with van der Waals surface area (Å²) in [5.41, 5.74) is 2.91. The molecule has 3 atom stereocenters. The standard InChI is InChI=1S/C17H24N6/c1-9-5-10(2)19-16-14(9)15(18-3)21-17(22-16)20-13-7-12-6-11(13)8-23(12)4/h5,11-13H,6-8H2,1-4H3,(H2,18,19,20,21,22)/t11-,12-,13-/m0/s1. The van der Waals surface area contributed by atoms with E-state index in [9.17, 15) is 0 Å². The Hall–Kier alpha value is -1.95. The maximum absolute atomic E-state index is 4.69. The molecule has 4 rings (SSSR count). The van der Waals surface area contributed by atoms with Gasteiger partial charge in [0, 0.05) is 31.4 Å². The molecular formula is C17H24N6. The second-order valence-corrected chi connectivity index (χ2v) is 7.00. The number of nitrogens with zero attached hydrogens (tertiary/aromatic N) is 4. The number of aryl methyl sites for hydroxylation is 2. The summed E-state index contributed by atoms with van der Waals surface area (Å²) in [6.07, 6.45) is 2.47. The third-order valence-electron chi connectivity index (χ3n) is 5.36. The van der Waals surface area contributed by atoms with Crippen molar-refractivity contribution in [3.8, 4) is 0 Å². The lowest BCUT2D eigenvalue weighted by Crippen LogP contribution is -2.38. The van der Waals surface area contributed by atoms with Gasteiger partial charge in [-0.2, -0.15) is 9.97 Å². The molecule has 1 saturated heterocycles. The second kappa shape index (κ2) is 5.30. The van der Waals surface area contributed by atoms with Crippen LogP contribution in [-0.2, 0) is 0 Å². The minimum atomic E-state index is 0.476. The third kappa shape index (κ3) is 2.41. The largest absolute Gasteiger partial charge is 0.372 e. The number of aromatic nitrogens is 3. The molecule has 2 aliphatic rings. The zero-order valence-corrected chi connectivity index (χ0v) is 14.2. The number of rotatable bonds is 3. The average molecular weight is 312 g/mol. The maximum atomic E-state index is 4.69. The Morgan fingerprint density at radius 1 is 1.17 bits per heavy atom. The van der Waals surface area contributed by atoms with Crippen LogP contribution < -0.4 is 10.6 Å². The fourth-order valence-electron chi connectivity index (χ4n) is 4.24. The van der Waals surface area contributed by atoms with Crippen LogP contribution in [0.5, 0.6) is 0 Å². The molecule has 23 heavy (non-hydrogen) atoms. The predicted octanol–water partition coefficient (Wildman–Crippen LogP) is 2.19. The van der Waals surface area contributed by atoms with Crippen LogP contribution >= 0.6 is 0 Å². The lowest BCUT2D eigenvalue weighted by atomic mass is 10.0. The van der Waals surface area contributed by atoms with E-state index in [1.807, 2.05) is 14.0 Å². The molecule has 1 aliphatic heterocycles. The van der Waals surface area contributed by atoms with Crippen molar-refractivity contribution in [2.75, 3.05) is 31.3 Å². The van der Waals surface area contributed by atoms with Gasteiger partial charge in [-0.15, -0.1) is 0 Å². The first-order valence-corrected chi connectivity index (χ1v) is 8.35. The summed E-state index contributed by atoms with van der Waals surface area (Å²) >= 11 is 0. The highest BCUT2D eigenvalue weighted by atomic mass is 15.2. The molecule has 0 radical (unpaired) electrons. The van der Waals surface area contributed by atoms with Crippen LogP contribution in [0.2, 0.25) is 0 Å². The molecule has 2 aromatic heterocycles. The van der Waals surface area contributed by atoms with E-state index in [4.69, 9.17) is 0 Å².